The second-order valence-electron chi connectivity index (χ2n) is 3.27. The molecule has 1 aromatic rings. The van der Waals surface area contributed by atoms with E-state index < -0.39 is 18.3 Å². The third-order valence-corrected chi connectivity index (χ3v) is 2.83. The van der Waals surface area contributed by atoms with Crippen molar-refractivity contribution in [1.29, 1.82) is 0 Å². The largest absolute Gasteiger partial charge is 0.477 e. The van der Waals surface area contributed by atoms with Gasteiger partial charge in [0.15, 0.2) is 0 Å². The second-order valence-corrected chi connectivity index (χ2v) is 4.12. The summed E-state index contributed by atoms with van der Waals surface area (Å²) in [7, 11) is 0. The van der Waals surface area contributed by atoms with Crippen LogP contribution in [0.2, 0.25) is 0 Å². The third-order valence-electron chi connectivity index (χ3n) is 1.98. The van der Waals surface area contributed by atoms with Gasteiger partial charge in [0, 0.05) is 10.9 Å². The van der Waals surface area contributed by atoms with E-state index in [4.69, 9.17) is 5.11 Å². The molecule has 0 fully saturated rings. The van der Waals surface area contributed by atoms with E-state index in [2.05, 4.69) is 15.9 Å². The summed E-state index contributed by atoms with van der Waals surface area (Å²) in [6.45, 7) is 1.82. The predicted molar refractivity (Wildman–Crippen MR) is 55.2 cm³/mol. The summed E-state index contributed by atoms with van der Waals surface area (Å²) in [6.07, 6.45) is -0.790. The molecule has 0 heterocycles. The molecular weight excluding hydrogens is 270 g/mol. The van der Waals surface area contributed by atoms with E-state index in [0.717, 1.165) is 5.56 Å². The molecular formula is C10H9BrF2O2. The van der Waals surface area contributed by atoms with Gasteiger partial charge >= 0.3 is 11.9 Å². The molecule has 0 aliphatic rings. The van der Waals surface area contributed by atoms with E-state index in [1.165, 1.54) is 12.1 Å². The van der Waals surface area contributed by atoms with Crippen LogP contribution in [0.5, 0.6) is 0 Å². The van der Waals surface area contributed by atoms with Gasteiger partial charge in [0.2, 0.25) is 0 Å². The Labute approximate surface area is 94.0 Å². The van der Waals surface area contributed by atoms with E-state index in [-0.39, 0.29) is 0 Å². The van der Waals surface area contributed by atoms with Crippen molar-refractivity contribution in [3.8, 4) is 0 Å². The fourth-order valence-electron chi connectivity index (χ4n) is 1.08. The number of benzene rings is 1. The Morgan fingerprint density at radius 1 is 1.53 bits per heavy atom. The van der Waals surface area contributed by atoms with Crippen molar-refractivity contribution in [1.82, 2.24) is 0 Å². The van der Waals surface area contributed by atoms with Crippen LogP contribution < -0.4 is 0 Å². The molecule has 0 aromatic heterocycles. The van der Waals surface area contributed by atoms with Crippen LogP contribution in [-0.2, 0) is 11.2 Å². The number of hydrogen-bond acceptors (Lipinski definition) is 1. The molecule has 0 saturated heterocycles. The van der Waals surface area contributed by atoms with Gasteiger partial charge in [-0.2, -0.15) is 8.78 Å². The van der Waals surface area contributed by atoms with Crippen LogP contribution in [-0.4, -0.2) is 17.0 Å². The number of rotatable bonds is 3. The molecule has 0 aliphatic heterocycles. The van der Waals surface area contributed by atoms with Crippen LogP contribution in [0.15, 0.2) is 22.7 Å². The van der Waals surface area contributed by atoms with Crippen molar-refractivity contribution in [3.63, 3.8) is 0 Å². The Morgan fingerprint density at radius 3 is 2.60 bits per heavy atom. The Morgan fingerprint density at radius 2 is 2.13 bits per heavy atom. The van der Waals surface area contributed by atoms with Crippen molar-refractivity contribution >= 4 is 21.9 Å². The second kappa shape index (κ2) is 4.26. The molecule has 15 heavy (non-hydrogen) atoms. The predicted octanol–water partition coefficient (Wildman–Crippen LogP) is 3.02. The Kier molecular flexibility index (Phi) is 3.44. The fraction of sp³-hybridized carbons (Fsp3) is 0.300. The van der Waals surface area contributed by atoms with E-state index in [1.807, 2.05) is 6.92 Å². The molecule has 2 nitrogen and oxygen atoms in total. The Hall–Kier alpha value is -0.970. The number of halogens is 3. The lowest BCUT2D eigenvalue weighted by molar-refractivity contribution is -0.164. The van der Waals surface area contributed by atoms with Gasteiger partial charge in [-0.3, -0.25) is 0 Å². The minimum absolute atomic E-state index is 0.292. The topological polar surface area (TPSA) is 37.3 Å². The summed E-state index contributed by atoms with van der Waals surface area (Å²) in [6, 6.07) is 4.67. The van der Waals surface area contributed by atoms with E-state index >= 15 is 0 Å². The number of carboxylic acid groups (broad SMARTS) is 1. The first-order chi connectivity index (χ1) is 6.83. The lowest BCUT2D eigenvalue weighted by Crippen LogP contribution is -2.30. The third kappa shape index (κ3) is 2.99. The number of hydrogen-bond donors (Lipinski definition) is 1. The molecule has 82 valence electrons. The summed E-state index contributed by atoms with van der Waals surface area (Å²) in [5, 5.41) is 8.26. The summed E-state index contributed by atoms with van der Waals surface area (Å²) < 4.78 is 26.4. The van der Waals surface area contributed by atoms with Gasteiger partial charge in [0.05, 0.1) is 0 Å². The maximum Gasteiger partial charge on any atom is 0.374 e. The minimum Gasteiger partial charge on any atom is -0.477 e. The van der Waals surface area contributed by atoms with Crippen LogP contribution in [0.3, 0.4) is 0 Å². The molecule has 0 radical (unpaired) electrons. The highest BCUT2D eigenvalue weighted by Gasteiger charge is 2.38. The number of carbonyl (C=O) groups is 1. The molecule has 1 aromatic carbocycles. The zero-order chi connectivity index (χ0) is 11.6. The summed E-state index contributed by atoms with van der Waals surface area (Å²) in [4.78, 5) is 10.2. The number of aryl methyl sites for hydroxylation is 1. The van der Waals surface area contributed by atoms with Gasteiger partial charge in [-0.25, -0.2) is 4.79 Å². The van der Waals surface area contributed by atoms with Crippen LogP contribution in [0.25, 0.3) is 0 Å². The molecule has 0 spiro atoms. The van der Waals surface area contributed by atoms with Crippen LogP contribution in [0.1, 0.15) is 11.1 Å². The van der Waals surface area contributed by atoms with Crippen LogP contribution >= 0.6 is 15.9 Å². The lowest BCUT2D eigenvalue weighted by Gasteiger charge is -2.11. The Balaban J connectivity index is 2.91. The highest BCUT2D eigenvalue weighted by molar-refractivity contribution is 9.10. The van der Waals surface area contributed by atoms with Crippen molar-refractivity contribution < 1.29 is 18.7 Å². The fourth-order valence-corrected chi connectivity index (χ4v) is 1.50. The first kappa shape index (κ1) is 12.1. The molecule has 1 rings (SSSR count). The van der Waals surface area contributed by atoms with Crippen molar-refractivity contribution in [2.24, 2.45) is 0 Å². The van der Waals surface area contributed by atoms with E-state index in [9.17, 15) is 13.6 Å². The molecule has 0 bridgehead atoms. The molecule has 0 amide bonds. The highest BCUT2D eigenvalue weighted by Crippen LogP contribution is 2.24. The van der Waals surface area contributed by atoms with Gasteiger partial charge < -0.3 is 5.11 Å². The van der Waals surface area contributed by atoms with Crippen LogP contribution in [0.4, 0.5) is 8.78 Å². The van der Waals surface area contributed by atoms with Gasteiger partial charge in [-0.15, -0.1) is 0 Å². The highest BCUT2D eigenvalue weighted by atomic mass is 79.9. The maximum absolute atomic E-state index is 12.8. The number of carboxylic acids is 1. The minimum atomic E-state index is -3.71. The molecule has 0 aliphatic carbocycles. The SMILES string of the molecule is Cc1ccc(CC(F)(F)C(=O)O)cc1Br. The molecule has 0 atom stereocenters. The normalized spacial score (nSPS) is 11.5. The maximum atomic E-state index is 12.8. The lowest BCUT2D eigenvalue weighted by atomic mass is 10.1. The van der Waals surface area contributed by atoms with Crippen molar-refractivity contribution in [2.45, 2.75) is 19.3 Å². The molecule has 0 saturated carbocycles. The van der Waals surface area contributed by atoms with Crippen LogP contribution in [0, 0.1) is 6.92 Å². The first-order valence-electron chi connectivity index (χ1n) is 4.19. The van der Waals surface area contributed by atoms with Gasteiger partial charge in [0.25, 0.3) is 0 Å². The van der Waals surface area contributed by atoms with Crippen molar-refractivity contribution in [3.05, 3.63) is 33.8 Å². The standard InChI is InChI=1S/C10H9BrF2O2/c1-6-2-3-7(4-8(6)11)5-10(12,13)9(14)15/h2-4H,5H2,1H3,(H,14,15). The molecule has 5 heteroatoms. The monoisotopic (exact) mass is 278 g/mol. The molecule has 0 unspecified atom stereocenters. The van der Waals surface area contributed by atoms with Gasteiger partial charge in [-0.1, -0.05) is 28.1 Å². The Bertz CT molecular complexity index is 391. The van der Waals surface area contributed by atoms with E-state index in [1.54, 1.807) is 6.07 Å². The summed E-state index contributed by atoms with van der Waals surface area (Å²) in [5.41, 5.74) is 1.21. The average molecular weight is 279 g/mol. The number of aliphatic carboxylic acids is 1. The van der Waals surface area contributed by atoms with E-state index in [0.29, 0.717) is 10.0 Å². The van der Waals surface area contributed by atoms with Gasteiger partial charge in [0.1, 0.15) is 0 Å². The average Bonchev–Trinajstić information content (AvgIpc) is 2.10. The van der Waals surface area contributed by atoms with Gasteiger partial charge in [-0.05, 0) is 24.1 Å². The smallest absolute Gasteiger partial charge is 0.374 e. The summed E-state index contributed by atoms with van der Waals surface area (Å²) in [5.74, 6) is -5.81. The number of alkyl halides is 2. The quantitative estimate of drug-likeness (QED) is 0.923. The first-order valence-corrected chi connectivity index (χ1v) is 4.98. The summed E-state index contributed by atoms with van der Waals surface area (Å²) >= 11 is 3.20. The molecule has 1 N–H and O–H groups in total. The zero-order valence-electron chi connectivity index (χ0n) is 7.93. The zero-order valence-corrected chi connectivity index (χ0v) is 9.51. The van der Waals surface area contributed by atoms with Crippen molar-refractivity contribution in [2.75, 3.05) is 0 Å².